The minimum atomic E-state index is -0.508. The van der Waals surface area contributed by atoms with Crippen molar-refractivity contribution in [2.24, 2.45) is 0 Å². The first kappa shape index (κ1) is 27.6. The van der Waals surface area contributed by atoms with Crippen LogP contribution in [0.4, 0.5) is 21.0 Å². The Bertz CT molecular complexity index is 1590. The molecular weight excluding hydrogens is 535 g/mol. The zero-order chi connectivity index (χ0) is 29.3. The predicted octanol–water partition coefficient (Wildman–Crippen LogP) is 4.60. The number of nitrogens with zero attached hydrogens (tertiary/aromatic N) is 8. The molecular formula is C31H35FN8O2. The van der Waals surface area contributed by atoms with E-state index >= 15 is 0 Å². The smallest absolute Gasteiger partial charge is 0.410 e. The van der Waals surface area contributed by atoms with E-state index in [4.69, 9.17) is 4.74 Å². The van der Waals surface area contributed by atoms with Gasteiger partial charge in [-0.3, -0.25) is 0 Å². The van der Waals surface area contributed by atoms with E-state index in [1.807, 2.05) is 43.9 Å². The molecule has 0 N–H and O–H groups in total. The molecule has 0 radical (unpaired) electrons. The van der Waals surface area contributed by atoms with E-state index in [1.54, 1.807) is 23.4 Å². The molecule has 42 heavy (non-hydrogen) atoms. The van der Waals surface area contributed by atoms with Gasteiger partial charge in [0.2, 0.25) is 5.95 Å². The first-order valence-electron chi connectivity index (χ1n) is 14.3. The number of halogens is 1. The molecule has 218 valence electrons. The van der Waals surface area contributed by atoms with Gasteiger partial charge in [0.15, 0.2) is 5.82 Å². The fourth-order valence-corrected chi connectivity index (χ4v) is 5.32. The van der Waals surface area contributed by atoms with Crippen molar-refractivity contribution >= 4 is 28.9 Å². The summed E-state index contributed by atoms with van der Waals surface area (Å²) in [5.74, 6) is 1.37. The van der Waals surface area contributed by atoms with Crippen molar-refractivity contribution in [2.45, 2.75) is 39.2 Å². The Morgan fingerprint density at radius 1 is 0.952 bits per heavy atom. The van der Waals surface area contributed by atoms with Crippen LogP contribution in [0.5, 0.6) is 0 Å². The van der Waals surface area contributed by atoms with Crippen LogP contribution in [0, 0.1) is 5.82 Å². The van der Waals surface area contributed by atoms with E-state index in [1.165, 1.54) is 17.7 Å². The Kier molecular flexibility index (Phi) is 7.49. The number of hydrogen-bond donors (Lipinski definition) is 0. The van der Waals surface area contributed by atoms with Crippen LogP contribution < -0.4 is 9.80 Å². The molecule has 2 aliphatic heterocycles. The third-order valence-corrected chi connectivity index (χ3v) is 7.49. The molecule has 0 aliphatic carbocycles. The minimum absolute atomic E-state index is 0.237. The van der Waals surface area contributed by atoms with Crippen molar-refractivity contribution < 1.29 is 13.9 Å². The first-order valence-corrected chi connectivity index (χ1v) is 14.3. The topological polar surface area (TPSA) is 92.0 Å². The fraction of sp³-hybridized carbons (Fsp3) is 0.387. The van der Waals surface area contributed by atoms with Crippen LogP contribution in [0.15, 0.2) is 61.3 Å². The van der Waals surface area contributed by atoms with Crippen LogP contribution in [0.2, 0.25) is 0 Å². The Hall–Kier alpha value is -4.54. The molecule has 6 rings (SSSR count). The highest BCUT2D eigenvalue weighted by Gasteiger charge is 2.26. The van der Waals surface area contributed by atoms with Crippen molar-refractivity contribution in [1.29, 1.82) is 0 Å². The summed E-state index contributed by atoms with van der Waals surface area (Å²) < 4.78 is 20.6. The van der Waals surface area contributed by atoms with E-state index in [9.17, 15) is 9.18 Å². The number of amides is 1. The zero-order valence-electron chi connectivity index (χ0n) is 24.2. The quantitative estimate of drug-likeness (QED) is 0.344. The number of benzene rings is 1. The average Bonchev–Trinajstić information content (AvgIpc) is 3.43. The van der Waals surface area contributed by atoms with Gasteiger partial charge in [-0.05, 0) is 67.7 Å². The van der Waals surface area contributed by atoms with Gasteiger partial charge in [0.05, 0.1) is 0 Å². The maximum Gasteiger partial charge on any atom is 0.410 e. The molecule has 0 atom stereocenters. The molecule has 2 aliphatic rings. The molecule has 0 saturated carbocycles. The molecule has 1 amide bonds. The first-order chi connectivity index (χ1) is 20.2. The summed E-state index contributed by atoms with van der Waals surface area (Å²) in [6.07, 6.45) is 10.6. The minimum Gasteiger partial charge on any atom is -0.444 e. The molecule has 0 spiro atoms. The maximum absolute atomic E-state index is 13.2. The molecule has 10 nitrogen and oxygen atoms in total. The van der Waals surface area contributed by atoms with Crippen molar-refractivity contribution in [3.63, 3.8) is 0 Å². The van der Waals surface area contributed by atoms with Crippen LogP contribution >= 0.6 is 0 Å². The van der Waals surface area contributed by atoms with Crippen LogP contribution in [0.3, 0.4) is 0 Å². The molecule has 0 bridgehead atoms. The van der Waals surface area contributed by atoms with Gasteiger partial charge in [-0.2, -0.15) is 5.10 Å². The van der Waals surface area contributed by atoms with E-state index in [-0.39, 0.29) is 11.9 Å². The van der Waals surface area contributed by atoms with Crippen molar-refractivity contribution in [1.82, 2.24) is 29.5 Å². The number of anilines is 2. The van der Waals surface area contributed by atoms with Gasteiger partial charge >= 0.3 is 6.09 Å². The summed E-state index contributed by atoms with van der Waals surface area (Å²) in [4.78, 5) is 32.5. The number of ether oxygens (including phenoxy) is 1. The second-order valence-electron chi connectivity index (χ2n) is 11.7. The summed E-state index contributed by atoms with van der Waals surface area (Å²) >= 11 is 0. The number of rotatable bonds is 5. The average molecular weight is 571 g/mol. The predicted molar refractivity (Wildman–Crippen MR) is 159 cm³/mol. The normalized spacial score (nSPS) is 16.1. The van der Waals surface area contributed by atoms with Crippen LogP contribution in [0.1, 0.15) is 43.9 Å². The standard InChI is InChI=1S/C31H35FN8O2/c1-31(2,3)42-30(41)39-10-8-24(9-11-39)25-17-27-28(35-21-36-40(27)20-25)37-12-14-38(15-13-37)29-33-18-23(19-34-29)16-22-4-6-26(32)7-5-22/h4-8,17-21H,9-16H2,1-3H3. The van der Waals surface area contributed by atoms with Crippen molar-refractivity contribution in [3.05, 3.63) is 83.8 Å². The van der Waals surface area contributed by atoms with Crippen LogP contribution in [0.25, 0.3) is 11.1 Å². The summed E-state index contributed by atoms with van der Waals surface area (Å²) in [6.45, 7) is 9.87. The second-order valence-corrected chi connectivity index (χ2v) is 11.7. The van der Waals surface area contributed by atoms with E-state index in [2.05, 4.69) is 42.0 Å². The monoisotopic (exact) mass is 570 g/mol. The lowest BCUT2D eigenvalue weighted by atomic mass is 10.0. The molecule has 3 aromatic heterocycles. The number of hydrogen-bond acceptors (Lipinski definition) is 8. The number of carbonyl (C=O) groups excluding carboxylic acids is 1. The summed E-state index contributed by atoms with van der Waals surface area (Å²) in [6, 6.07) is 8.65. The Balaban J connectivity index is 1.09. The lowest BCUT2D eigenvalue weighted by Gasteiger charge is -2.35. The molecule has 5 heterocycles. The Labute approximate surface area is 244 Å². The van der Waals surface area contributed by atoms with Crippen molar-refractivity contribution in [3.8, 4) is 0 Å². The zero-order valence-corrected chi connectivity index (χ0v) is 24.2. The lowest BCUT2D eigenvalue weighted by molar-refractivity contribution is 0.0270. The van der Waals surface area contributed by atoms with Gasteiger partial charge in [0.1, 0.15) is 23.3 Å². The van der Waals surface area contributed by atoms with E-state index in [0.717, 1.165) is 60.6 Å². The molecule has 11 heteroatoms. The Morgan fingerprint density at radius 2 is 1.67 bits per heavy atom. The number of aromatic nitrogens is 5. The third-order valence-electron chi connectivity index (χ3n) is 7.49. The van der Waals surface area contributed by atoms with Gasteiger partial charge < -0.3 is 19.4 Å². The molecule has 1 saturated heterocycles. The van der Waals surface area contributed by atoms with Gasteiger partial charge in [-0.25, -0.2) is 28.7 Å². The second kappa shape index (κ2) is 11.4. The maximum atomic E-state index is 13.2. The van der Waals surface area contributed by atoms with Gasteiger partial charge in [0.25, 0.3) is 0 Å². The molecule has 0 unspecified atom stereocenters. The number of fused-ring (bicyclic) bond motifs is 1. The van der Waals surface area contributed by atoms with Crippen molar-refractivity contribution in [2.75, 3.05) is 49.1 Å². The molecule has 1 aromatic carbocycles. The highest BCUT2D eigenvalue weighted by molar-refractivity contribution is 5.78. The van der Waals surface area contributed by atoms with Gasteiger partial charge in [-0.1, -0.05) is 18.2 Å². The SMILES string of the molecule is CC(C)(C)OC(=O)N1CC=C(c2cc3c(N4CCN(c5ncc(Cc6ccc(F)cc6)cn5)CC4)ncnn3c2)CC1. The number of carbonyl (C=O) groups is 1. The molecule has 4 aromatic rings. The summed E-state index contributed by atoms with van der Waals surface area (Å²) in [7, 11) is 0. The lowest BCUT2D eigenvalue weighted by Crippen LogP contribution is -2.47. The summed E-state index contributed by atoms with van der Waals surface area (Å²) in [5, 5.41) is 4.46. The third kappa shape index (κ3) is 6.19. The van der Waals surface area contributed by atoms with E-state index in [0.29, 0.717) is 25.5 Å². The Morgan fingerprint density at radius 3 is 2.33 bits per heavy atom. The van der Waals surface area contributed by atoms with Gasteiger partial charge in [0, 0.05) is 64.3 Å². The van der Waals surface area contributed by atoms with Gasteiger partial charge in [-0.15, -0.1) is 0 Å². The van der Waals surface area contributed by atoms with Crippen LogP contribution in [-0.2, 0) is 11.2 Å². The largest absolute Gasteiger partial charge is 0.444 e. The summed E-state index contributed by atoms with van der Waals surface area (Å²) in [5.41, 5.74) is 4.74. The van der Waals surface area contributed by atoms with Crippen LogP contribution in [-0.4, -0.2) is 80.4 Å². The highest BCUT2D eigenvalue weighted by Crippen LogP contribution is 2.29. The fourth-order valence-electron chi connectivity index (χ4n) is 5.32. The molecule has 1 fully saturated rings. The number of piperazine rings is 1. The highest BCUT2D eigenvalue weighted by atomic mass is 19.1. The van der Waals surface area contributed by atoms with E-state index < -0.39 is 5.60 Å².